The minimum Gasteiger partial charge on any atom is -0.345 e. The summed E-state index contributed by atoms with van der Waals surface area (Å²) in [7, 11) is 0. The van der Waals surface area contributed by atoms with E-state index in [1.165, 1.54) is 18.2 Å². The number of alkyl halides is 1. The molecule has 86 valence electrons. The lowest BCUT2D eigenvalue weighted by molar-refractivity contribution is 0.0935. The van der Waals surface area contributed by atoms with Crippen LogP contribution >= 0.6 is 27.5 Å². The molecule has 2 nitrogen and oxygen atoms in total. The second-order valence-corrected chi connectivity index (χ2v) is 5.11. The number of amides is 1. The van der Waals surface area contributed by atoms with Crippen molar-refractivity contribution >= 4 is 33.4 Å². The number of benzene rings is 1. The van der Waals surface area contributed by atoms with E-state index >= 15 is 0 Å². The fourth-order valence-corrected chi connectivity index (χ4v) is 2.29. The first-order valence-corrected chi connectivity index (χ1v) is 6.23. The van der Waals surface area contributed by atoms with Crippen LogP contribution in [0.3, 0.4) is 0 Å². The molecule has 0 aliphatic heterocycles. The molecule has 1 aromatic rings. The van der Waals surface area contributed by atoms with Crippen LogP contribution in [-0.2, 0) is 0 Å². The third kappa shape index (κ3) is 2.38. The monoisotopic (exact) mass is 305 g/mol. The molecule has 0 bridgehead atoms. The van der Waals surface area contributed by atoms with E-state index in [1.807, 2.05) is 0 Å². The van der Waals surface area contributed by atoms with Gasteiger partial charge in [-0.2, -0.15) is 0 Å². The molecule has 0 saturated heterocycles. The molecule has 1 aromatic carbocycles. The Morgan fingerprint density at radius 1 is 1.56 bits per heavy atom. The zero-order valence-corrected chi connectivity index (χ0v) is 10.7. The van der Waals surface area contributed by atoms with Crippen molar-refractivity contribution in [1.82, 2.24) is 5.32 Å². The lowest BCUT2D eigenvalue weighted by Gasteiger charge is -2.14. The summed E-state index contributed by atoms with van der Waals surface area (Å²) >= 11 is 8.93. The predicted octanol–water partition coefficient (Wildman–Crippen LogP) is 3.09. The molecule has 0 atom stereocenters. The van der Waals surface area contributed by atoms with Gasteiger partial charge in [-0.15, -0.1) is 11.6 Å². The van der Waals surface area contributed by atoms with Gasteiger partial charge in [-0.3, -0.25) is 4.79 Å². The quantitative estimate of drug-likeness (QED) is 0.854. The van der Waals surface area contributed by atoms with E-state index in [9.17, 15) is 9.18 Å². The fourth-order valence-electron chi connectivity index (χ4n) is 1.42. The highest BCUT2D eigenvalue weighted by atomic mass is 79.9. The van der Waals surface area contributed by atoms with Gasteiger partial charge in [0.1, 0.15) is 5.82 Å². The van der Waals surface area contributed by atoms with Crippen molar-refractivity contribution in [2.45, 2.75) is 18.4 Å². The molecule has 1 N–H and O–H groups in total. The number of halogens is 3. The molecule has 1 saturated carbocycles. The molecule has 1 amide bonds. The molecule has 2 rings (SSSR count). The predicted molar refractivity (Wildman–Crippen MR) is 64.3 cm³/mol. The molecule has 5 heteroatoms. The summed E-state index contributed by atoms with van der Waals surface area (Å²) in [5.74, 6) is -0.177. The maximum Gasteiger partial charge on any atom is 0.252 e. The SMILES string of the molecule is O=C(NC1(CCl)CC1)c1ccc(F)cc1Br. The Kier molecular flexibility index (Phi) is 3.22. The van der Waals surface area contributed by atoms with Gasteiger partial charge in [-0.1, -0.05) is 0 Å². The van der Waals surface area contributed by atoms with Gasteiger partial charge in [0.25, 0.3) is 5.91 Å². The van der Waals surface area contributed by atoms with Gasteiger partial charge in [0.15, 0.2) is 0 Å². The zero-order valence-electron chi connectivity index (χ0n) is 8.40. The van der Waals surface area contributed by atoms with E-state index in [1.54, 1.807) is 0 Å². The molecule has 0 heterocycles. The first-order valence-electron chi connectivity index (χ1n) is 4.90. The van der Waals surface area contributed by atoms with E-state index in [4.69, 9.17) is 11.6 Å². The fraction of sp³-hybridized carbons (Fsp3) is 0.364. The van der Waals surface area contributed by atoms with Crippen molar-refractivity contribution < 1.29 is 9.18 Å². The van der Waals surface area contributed by atoms with Crippen LogP contribution in [0.1, 0.15) is 23.2 Å². The van der Waals surface area contributed by atoms with Gasteiger partial charge in [0.05, 0.1) is 11.1 Å². The molecule has 1 aliphatic carbocycles. The Balaban J connectivity index is 2.15. The summed E-state index contributed by atoms with van der Waals surface area (Å²) in [6.07, 6.45) is 1.81. The number of carbonyl (C=O) groups is 1. The molecule has 1 fully saturated rings. The highest BCUT2D eigenvalue weighted by molar-refractivity contribution is 9.10. The summed E-state index contributed by atoms with van der Waals surface area (Å²) < 4.78 is 13.3. The van der Waals surface area contributed by atoms with Crippen molar-refractivity contribution in [1.29, 1.82) is 0 Å². The second-order valence-electron chi connectivity index (χ2n) is 3.99. The molecule has 1 aliphatic rings. The third-order valence-corrected chi connectivity index (χ3v) is 3.83. The average Bonchev–Trinajstić information content (AvgIpc) is 2.98. The van der Waals surface area contributed by atoms with Gasteiger partial charge in [-0.25, -0.2) is 4.39 Å². The summed E-state index contributed by atoms with van der Waals surface area (Å²) in [6.45, 7) is 0. The molecule has 0 aromatic heterocycles. The van der Waals surface area contributed by atoms with Crippen LogP contribution in [0.4, 0.5) is 4.39 Å². The van der Waals surface area contributed by atoms with Crippen LogP contribution in [0.5, 0.6) is 0 Å². The molecule has 0 unspecified atom stereocenters. The smallest absolute Gasteiger partial charge is 0.252 e. The summed E-state index contributed by atoms with van der Waals surface area (Å²) in [6, 6.07) is 3.99. The van der Waals surface area contributed by atoms with Crippen LogP contribution in [0.2, 0.25) is 0 Å². The highest BCUT2D eigenvalue weighted by Crippen LogP contribution is 2.36. The van der Waals surface area contributed by atoms with Crippen LogP contribution in [0.15, 0.2) is 22.7 Å². The largest absolute Gasteiger partial charge is 0.345 e. The lowest BCUT2D eigenvalue weighted by atomic mass is 10.2. The van der Waals surface area contributed by atoms with Crippen molar-refractivity contribution in [3.63, 3.8) is 0 Å². The Morgan fingerprint density at radius 3 is 2.75 bits per heavy atom. The van der Waals surface area contributed by atoms with Crippen molar-refractivity contribution in [2.75, 3.05) is 5.88 Å². The van der Waals surface area contributed by atoms with Crippen LogP contribution in [0.25, 0.3) is 0 Å². The van der Waals surface area contributed by atoms with Gasteiger partial charge >= 0.3 is 0 Å². The number of nitrogens with one attached hydrogen (secondary N) is 1. The topological polar surface area (TPSA) is 29.1 Å². The van der Waals surface area contributed by atoms with Crippen LogP contribution < -0.4 is 5.32 Å². The maximum atomic E-state index is 12.8. The maximum absolute atomic E-state index is 12.8. The van der Waals surface area contributed by atoms with E-state index in [-0.39, 0.29) is 17.3 Å². The number of hydrogen-bond donors (Lipinski definition) is 1. The van der Waals surface area contributed by atoms with Gasteiger partial charge in [-0.05, 0) is 47.0 Å². The Bertz CT molecular complexity index is 434. The average molecular weight is 307 g/mol. The van der Waals surface area contributed by atoms with E-state index in [0.717, 1.165) is 12.8 Å². The van der Waals surface area contributed by atoms with Crippen LogP contribution in [-0.4, -0.2) is 17.3 Å². The van der Waals surface area contributed by atoms with Crippen LogP contribution in [0, 0.1) is 5.82 Å². The van der Waals surface area contributed by atoms with E-state index in [2.05, 4.69) is 21.2 Å². The number of hydrogen-bond acceptors (Lipinski definition) is 1. The molecule has 0 spiro atoms. The second kappa shape index (κ2) is 4.34. The minimum absolute atomic E-state index is 0.218. The number of rotatable bonds is 3. The summed E-state index contributed by atoms with van der Waals surface area (Å²) in [4.78, 5) is 11.9. The van der Waals surface area contributed by atoms with E-state index in [0.29, 0.717) is 15.9 Å². The Morgan fingerprint density at radius 2 is 2.25 bits per heavy atom. The minimum atomic E-state index is -0.373. The normalized spacial score (nSPS) is 16.9. The Hall–Kier alpha value is -0.610. The standard InChI is InChI=1S/C11H10BrClFNO/c12-9-5-7(14)1-2-8(9)10(16)15-11(6-13)3-4-11/h1-2,5H,3-4,6H2,(H,15,16). The van der Waals surface area contributed by atoms with Gasteiger partial charge in [0, 0.05) is 10.4 Å². The summed E-state index contributed by atoms with van der Waals surface area (Å²) in [5, 5.41) is 2.87. The van der Waals surface area contributed by atoms with Crippen molar-refractivity contribution in [3.05, 3.63) is 34.1 Å². The zero-order chi connectivity index (χ0) is 11.8. The van der Waals surface area contributed by atoms with Gasteiger partial charge in [0.2, 0.25) is 0 Å². The third-order valence-electron chi connectivity index (χ3n) is 2.66. The lowest BCUT2D eigenvalue weighted by Crippen LogP contribution is -2.38. The van der Waals surface area contributed by atoms with Crippen molar-refractivity contribution in [2.24, 2.45) is 0 Å². The van der Waals surface area contributed by atoms with E-state index < -0.39 is 0 Å². The molecule has 0 radical (unpaired) electrons. The summed E-state index contributed by atoms with van der Waals surface area (Å²) in [5.41, 5.74) is 0.185. The highest BCUT2D eigenvalue weighted by Gasteiger charge is 2.43. The molecular weight excluding hydrogens is 296 g/mol. The van der Waals surface area contributed by atoms with Gasteiger partial charge < -0.3 is 5.32 Å². The Labute approximate surface area is 106 Å². The first kappa shape index (κ1) is 11.9. The molecule has 16 heavy (non-hydrogen) atoms. The number of carbonyl (C=O) groups excluding carboxylic acids is 1. The van der Waals surface area contributed by atoms with Crippen molar-refractivity contribution in [3.8, 4) is 0 Å². The molecular formula is C11H10BrClFNO. The first-order chi connectivity index (χ1) is 7.56.